The molecule has 0 saturated heterocycles. The number of primary amides is 1. The number of hydrogen-bond acceptors (Lipinski definition) is 2. The molecule has 0 aromatic rings. The molecule has 0 bridgehead atoms. The molecule has 18 heavy (non-hydrogen) atoms. The Morgan fingerprint density at radius 3 is 1.72 bits per heavy atom. The van der Waals surface area contributed by atoms with Crippen LogP contribution in [0.2, 0.25) is 0 Å². The van der Waals surface area contributed by atoms with Crippen molar-refractivity contribution in [2.75, 3.05) is 0 Å². The highest BCUT2D eigenvalue weighted by molar-refractivity contribution is 7.82. The number of carbonyl (C=O) groups is 1. The van der Waals surface area contributed by atoms with E-state index in [2.05, 4.69) is 19.6 Å². The van der Waals surface area contributed by atoms with E-state index in [-0.39, 0.29) is 5.91 Å². The molecule has 2 N–H and O–H groups in total. The first-order valence-electron chi connectivity index (χ1n) is 7.53. The third kappa shape index (κ3) is 9.81. The molecule has 2 nitrogen and oxygen atoms in total. The summed E-state index contributed by atoms with van der Waals surface area (Å²) in [5.41, 5.74) is 5.28. The molecule has 0 spiro atoms. The van der Waals surface area contributed by atoms with E-state index < -0.39 is 4.75 Å². The van der Waals surface area contributed by atoms with E-state index in [9.17, 15) is 4.79 Å². The van der Waals surface area contributed by atoms with Crippen LogP contribution < -0.4 is 5.73 Å². The lowest BCUT2D eigenvalue weighted by molar-refractivity contribution is -0.120. The fourth-order valence-electron chi connectivity index (χ4n) is 2.08. The van der Waals surface area contributed by atoms with Gasteiger partial charge in [-0.15, -0.1) is 0 Å². The van der Waals surface area contributed by atoms with E-state index in [4.69, 9.17) is 5.73 Å². The summed E-state index contributed by atoms with van der Waals surface area (Å²) in [6.45, 7) is 4.06. The maximum absolute atomic E-state index is 11.1. The number of nitrogens with two attached hydrogens (primary N) is 1. The van der Waals surface area contributed by atoms with Crippen LogP contribution in [0.1, 0.15) is 84.5 Å². The molecule has 0 rings (SSSR count). The monoisotopic (exact) mass is 273 g/mol. The molecule has 0 aliphatic rings. The van der Waals surface area contributed by atoms with Crippen LogP contribution in [0.3, 0.4) is 0 Å². The van der Waals surface area contributed by atoms with Gasteiger partial charge in [-0.3, -0.25) is 4.79 Å². The van der Waals surface area contributed by atoms with E-state index >= 15 is 0 Å². The molecular formula is C15H31NOS. The summed E-state index contributed by atoms with van der Waals surface area (Å²) >= 11 is 4.30. The number of amides is 1. The molecule has 3 heteroatoms. The van der Waals surface area contributed by atoms with Crippen molar-refractivity contribution in [1.82, 2.24) is 0 Å². The molecule has 0 aromatic carbocycles. The summed E-state index contributed by atoms with van der Waals surface area (Å²) in [5, 5.41) is 0. The van der Waals surface area contributed by atoms with Gasteiger partial charge in [-0.2, -0.15) is 12.6 Å². The van der Waals surface area contributed by atoms with Crippen LogP contribution in [-0.4, -0.2) is 10.7 Å². The number of carbonyl (C=O) groups excluding carboxylic acids is 1. The number of unbranched alkanes of at least 4 members (excludes halogenated alkanes) is 9. The molecule has 0 saturated carbocycles. The van der Waals surface area contributed by atoms with Crippen molar-refractivity contribution >= 4 is 18.5 Å². The Bertz CT molecular complexity index is 217. The third-order valence-electron chi connectivity index (χ3n) is 3.55. The van der Waals surface area contributed by atoms with Gasteiger partial charge >= 0.3 is 0 Å². The molecule has 0 aliphatic carbocycles. The average molecular weight is 273 g/mol. The largest absolute Gasteiger partial charge is 0.368 e. The lowest BCUT2D eigenvalue weighted by Crippen LogP contribution is -2.35. The zero-order valence-electron chi connectivity index (χ0n) is 12.2. The van der Waals surface area contributed by atoms with Gasteiger partial charge in [0.1, 0.15) is 0 Å². The minimum absolute atomic E-state index is 0.304. The fourth-order valence-corrected chi connectivity index (χ4v) is 2.24. The third-order valence-corrected chi connectivity index (χ3v) is 3.99. The molecule has 1 amide bonds. The van der Waals surface area contributed by atoms with E-state index in [1.54, 1.807) is 0 Å². The molecule has 1 atom stereocenters. The van der Waals surface area contributed by atoms with Crippen LogP contribution in [-0.2, 0) is 4.79 Å². The van der Waals surface area contributed by atoms with Crippen LogP contribution >= 0.6 is 12.6 Å². The van der Waals surface area contributed by atoms with Gasteiger partial charge in [-0.1, -0.05) is 71.1 Å². The summed E-state index contributed by atoms with van der Waals surface area (Å²) in [6, 6.07) is 0. The minimum Gasteiger partial charge on any atom is -0.368 e. The summed E-state index contributed by atoms with van der Waals surface area (Å²) in [6.07, 6.45) is 13.9. The Morgan fingerprint density at radius 2 is 1.33 bits per heavy atom. The van der Waals surface area contributed by atoms with Crippen molar-refractivity contribution in [2.45, 2.75) is 89.2 Å². The molecule has 108 valence electrons. The quantitative estimate of drug-likeness (QED) is 0.400. The molecule has 0 heterocycles. The van der Waals surface area contributed by atoms with Gasteiger partial charge in [-0.05, 0) is 13.3 Å². The summed E-state index contributed by atoms with van der Waals surface area (Å²) in [4.78, 5) is 11.1. The van der Waals surface area contributed by atoms with Crippen LogP contribution in [0.15, 0.2) is 0 Å². The second-order valence-electron chi connectivity index (χ2n) is 5.57. The highest BCUT2D eigenvalue weighted by Gasteiger charge is 2.24. The zero-order chi connectivity index (χ0) is 13.9. The van der Waals surface area contributed by atoms with E-state index in [0.29, 0.717) is 0 Å². The molecule has 0 fully saturated rings. The predicted octanol–water partition coefficient (Wildman–Crippen LogP) is 4.47. The second kappa shape index (κ2) is 10.7. The minimum atomic E-state index is -0.625. The van der Waals surface area contributed by atoms with Crippen molar-refractivity contribution < 1.29 is 4.79 Å². The number of hydrogen-bond donors (Lipinski definition) is 2. The summed E-state index contributed by atoms with van der Waals surface area (Å²) < 4.78 is -0.625. The first-order valence-corrected chi connectivity index (χ1v) is 7.97. The first-order chi connectivity index (χ1) is 8.50. The standard InChI is InChI=1S/C15H31NOS/c1-3-4-5-6-7-8-9-10-11-12-13-15(2,18)14(16)17/h18H,3-13H2,1-2H3,(H2,16,17). The highest BCUT2D eigenvalue weighted by Crippen LogP contribution is 2.22. The van der Waals surface area contributed by atoms with Crippen molar-refractivity contribution in [3.63, 3.8) is 0 Å². The van der Waals surface area contributed by atoms with Crippen LogP contribution in [0, 0.1) is 0 Å². The zero-order valence-corrected chi connectivity index (χ0v) is 13.1. The van der Waals surface area contributed by atoms with E-state index in [0.717, 1.165) is 12.8 Å². The van der Waals surface area contributed by atoms with Gasteiger partial charge in [0.25, 0.3) is 0 Å². The maximum Gasteiger partial charge on any atom is 0.233 e. The Morgan fingerprint density at radius 1 is 0.944 bits per heavy atom. The molecule has 0 aliphatic heterocycles. The SMILES string of the molecule is CCCCCCCCCCCCC(C)(S)C(N)=O. The topological polar surface area (TPSA) is 43.1 Å². The average Bonchev–Trinajstić information content (AvgIpc) is 2.31. The van der Waals surface area contributed by atoms with Crippen molar-refractivity contribution in [3.8, 4) is 0 Å². The Hall–Kier alpha value is -0.180. The smallest absolute Gasteiger partial charge is 0.233 e. The molecular weight excluding hydrogens is 242 g/mol. The van der Waals surface area contributed by atoms with E-state index in [1.165, 1.54) is 57.8 Å². The van der Waals surface area contributed by atoms with Gasteiger partial charge in [0.15, 0.2) is 0 Å². The molecule has 1 unspecified atom stereocenters. The second-order valence-corrected chi connectivity index (χ2v) is 6.56. The maximum atomic E-state index is 11.1. The van der Waals surface area contributed by atoms with Gasteiger partial charge in [0, 0.05) is 0 Å². The van der Waals surface area contributed by atoms with Crippen molar-refractivity contribution in [3.05, 3.63) is 0 Å². The Labute approximate surface area is 119 Å². The summed E-state index contributed by atoms with van der Waals surface area (Å²) in [7, 11) is 0. The summed E-state index contributed by atoms with van der Waals surface area (Å²) in [5.74, 6) is -0.304. The lowest BCUT2D eigenvalue weighted by Gasteiger charge is -2.18. The van der Waals surface area contributed by atoms with E-state index in [1.807, 2.05) is 6.92 Å². The number of rotatable bonds is 12. The van der Waals surface area contributed by atoms with Crippen LogP contribution in [0.4, 0.5) is 0 Å². The van der Waals surface area contributed by atoms with Crippen LogP contribution in [0.5, 0.6) is 0 Å². The van der Waals surface area contributed by atoms with Crippen LogP contribution in [0.25, 0.3) is 0 Å². The number of thiol groups is 1. The van der Waals surface area contributed by atoms with Crippen molar-refractivity contribution in [1.29, 1.82) is 0 Å². The Balaban J connectivity index is 3.24. The first kappa shape index (κ1) is 17.8. The highest BCUT2D eigenvalue weighted by atomic mass is 32.1. The predicted molar refractivity (Wildman–Crippen MR) is 83.0 cm³/mol. The lowest BCUT2D eigenvalue weighted by atomic mass is 10.00. The van der Waals surface area contributed by atoms with Crippen molar-refractivity contribution in [2.24, 2.45) is 5.73 Å². The molecule has 0 radical (unpaired) electrons. The van der Waals surface area contributed by atoms with Gasteiger partial charge in [0.2, 0.25) is 5.91 Å². The van der Waals surface area contributed by atoms with Gasteiger partial charge in [0.05, 0.1) is 4.75 Å². The fraction of sp³-hybridized carbons (Fsp3) is 0.933. The van der Waals surface area contributed by atoms with Gasteiger partial charge in [-0.25, -0.2) is 0 Å². The van der Waals surface area contributed by atoms with Gasteiger partial charge < -0.3 is 5.73 Å². The molecule has 0 aromatic heterocycles. The Kier molecular flexibility index (Phi) is 10.6. The normalized spacial score (nSPS) is 14.4.